The molecule has 0 spiro atoms. The number of hydrogen-bond acceptors (Lipinski definition) is 6. The number of anilines is 2. The van der Waals surface area contributed by atoms with Gasteiger partial charge in [0.05, 0.1) is 12.6 Å². The van der Waals surface area contributed by atoms with Crippen LogP contribution in [0, 0.1) is 12.4 Å². The molecule has 9 nitrogen and oxygen atoms in total. The second-order valence-corrected chi connectivity index (χ2v) is 6.67. The molecule has 1 atom stereocenters. The van der Waals surface area contributed by atoms with E-state index in [1.54, 1.807) is 20.0 Å². The Labute approximate surface area is 171 Å². The molecule has 0 fully saturated rings. The first-order valence-electron chi connectivity index (χ1n) is 8.96. The molecule has 3 aromatic rings. The maximum atomic E-state index is 13.9. The summed E-state index contributed by atoms with van der Waals surface area (Å²) >= 11 is 0. The Kier molecular flexibility index (Phi) is 4.71. The molecule has 2 bridgehead atoms. The normalized spacial score (nSPS) is 15.7. The molecule has 30 heavy (non-hydrogen) atoms. The first kappa shape index (κ1) is 19.2. The minimum atomic E-state index is -0.660. The van der Waals surface area contributed by atoms with Crippen molar-refractivity contribution in [2.45, 2.75) is 13.0 Å². The number of benzene rings is 1. The summed E-state index contributed by atoms with van der Waals surface area (Å²) in [4.78, 5) is 20.2. The molecule has 0 unspecified atom stereocenters. The maximum absolute atomic E-state index is 13.9. The molecule has 10 heteroatoms. The highest BCUT2D eigenvalue weighted by Crippen LogP contribution is 2.40. The van der Waals surface area contributed by atoms with Gasteiger partial charge >= 0.3 is 0 Å². The monoisotopic (exact) mass is 408 g/mol. The molecule has 3 heterocycles. The van der Waals surface area contributed by atoms with E-state index in [1.165, 1.54) is 29.1 Å². The minimum absolute atomic E-state index is 0.123. The molecule has 1 aliphatic rings. The number of nitrogens with zero attached hydrogens (tertiary/aromatic N) is 4. The molecule has 0 aliphatic carbocycles. The van der Waals surface area contributed by atoms with Crippen molar-refractivity contribution >= 4 is 23.4 Å². The number of ether oxygens (including phenoxy) is 2. The molecular formula is C20H17FN6O3. The van der Waals surface area contributed by atoms with Crippen LogP contribution in [0.4, 0.5) is 21.8 Å². The maximum Gasteiger partial charge on any atom is 0.263 e. The van der Waals surface area contributed by atoms with Gasteiger partial charge in [0.15, 0.2) is 24.0 Å². The number of nitrogens with one attached hydrogen (secondary N) is 1. The summed E-state index contributed by atoms with van der Waals surface area (Å²) in [5, 5.41) is 6.89. The number of aromatic nitrogens is 3. The molecule has 1 amide bonds. The largest absolute Gasteiger partial charge is 0.483 e. The van der Waals surface area contributed by atoms with E-state index in [4.69, 9.17) is 21.8 Å². The van der Waals surface area contributed by atoms with Gasteiger partial charge in [-0.1, -0.05) is 11.7 Å². The number of carbonyl (C=O) groups is 1. The number of rotatable bonds is 0. The lowest BCUT2D eigenvalue weighted by molar-refractivity contribution is -0.118. The second kappa shape index (κ2) is 7.36. The van der Waals surface area contributed by atoms with Crippen LogP contribution in [0.25, 0.3) is 16.0 Å². The third-order valence-electron chi connectivity index (χ3n) is 4.62. The number of carbonyl (C=O) groups excluding carboxylic acids is 1. The number of nitrogen functional groups attached to an aromatic ring is 1. The fourth-order valence-electron chi connectivity index (χ4n) is 3.22. The van der Waals surface area contributed by atoms with Gasteiger partial charge in [0, 0.05) is 11.8 Å². The molecule has 152 valence electrons. The van der Waals surface area contributed by atoms with E-state index in [9.17, 15) is 9.18 Å². The molecule has 0 radical (unpaired) electrons. The Morgan fingerprint density at radius 1 is 1.37 bits per heavy atom. The summed E-state index contributed by atoms with van der Waals surface area (Å²) in [6.45, 7) is 8.85. The lowest BCUT2D eigenvalue weighted by Gasteiger charge is -2.19. The Hall–Kier alpha value is -4.13. The topological polar surface area (TPSA) is 109 Å². The second-order valence-electron chi connectivity index (χ2n) is 6.67. The van der Waals surface area contributed by atoms with Crippen LogP contribution in [-0.2, 0) is 11.8 Å². The number of nitrogens with two attached hydrogens (primary N) is 1. The number of fused-ring (bicyclic) bond motifs is 5. The first-order valence-corrected chi connectivity index (χ1v) is 8.96. The highest BCUT2D eigenvalue weighted by molar-refractivity contribution is 5.98. The molecular weight excluding hydrogens is 391 g/mol. The van der Waals surface area contributed by atoms with Gasteiger partial charge < -0.3 is 25.4 Å². The summed E-state index contributed by atoms with van der Waals surface area (Å²) in [7, 11) is 1.60. The predicted molar refractivity (Wildman–Crippen MR) is 107 cm³/mol. The van der Waals surface area contributed by atoms with Crippen LogP contribution in [0.3, 0.4) is 0 Å². The summed E-state index contributed by atoms with van der Waals surface area (Å²) < 4.78 is 26.8. The standard InChI is InChI=1S/C20H17FN6O3/c1-10-13-7-12(21)4-5-14(13)29-9-16(28)25-19-17(20(23-2)27(3)26-19)11-6-15(30-10)18(22)24-8-11/h4-8,10H,9H2,1,3H3,(H2,22,24)(H,25,26,28)/t10-/m0/s1. The van der Waals surface area contributed by atoms with E-state index in [1.807, 2.05) is 0 Å². The van der Waals surface area contributed by atoms with Crippen molar-refractivity contribution in [3.63, 3.8) is 0 Å². The fraction of sp³-hybridized carbons (Fsp3) is 0.200. The number of pyridine rings is 1. The van der Waals surface area contributed by atoms with Gasteiger partial charge in [0.25, 0.3) is 11.7 Å². The Balaban J connectivity index is 1.90. The molecule has 2 aromatic heterocycles. The summed E-state index contributed by atoms with van der Waals surface area (Å²) in [6.07, 6.45) is 0.811. The lowest BCUT2D eigenvalue weighted by atomic mass is 10.1. The van der Waals surface area contributed by atoms with Gasteiger partial charge in [0.1, 0.15) is 17.7 Å². The minimum Gasteiger partial charge on any atom is -0.483 e. The summed E-state index contributed by atoms with van der Waals surface area (Å²) in [5.74, 6) is 0.0878. The lowest BCUT2D eigenvalue weighted by Crippen LogP contribution is -2.21. The molecule has 1 aromatic carbocycles. The summed E-state index contributed by atoms with van der Waals surface area (Å²) in [5.41, 5.74) is 7.26. The quantitative estimate of drug-likeness (QED) is 0.553. The van der Waals surface area contributed by atoms with Crippen molar-refractivity contribution in [1.29, 1.82) is 0 Å². The Morgan fingerprint density at radius 2 is 2.17 bits per heavy atom. The molecule has 0 saturated heterocycles. The van der Waals surface area contributed by atoms with Crippen molar-refractivity contribution in [1.82, 2.24) is 14.8 Å². The number of aryl methyl sites for hydroxylation is 1. The van der Waals surface area contributed by atoms with E-state index in [0.29, 0.717) is 22.4 Å². The van der Waals surface area contributed by atoms with E-state index in [-0.39, 0.29) is 29.8 Å². The zero-order valence-corrected chi connectivity index (χ0v) is 16.1. The molecule has 0 saturated carbocycles. The third kappa shape index (κ3) is 3.37. The van der Waals surface area contributed by atoms with Crippen LogP contribution in [0.2, 0.25) is 0 Å². The van der Waals surface area contributed by atoms with Gasteiger partial charge in [-0.2, -0.15) is 4.68 Å². The van der Waals surface area contributed by atoms with E-state index < -0.39 is 17.8 Å². The molecule has 4 rings (SSSR count). The zero-order chi connectivity index (χ0) is 21.4. The van der Waals surface area contributed by atoms with E-state index in [0.717, 1.165) is 0 Å². The third-order valence-corrected chi connectivity index (χ3v) is 4.62. The molecule has 3 N–H and O–H groups in total. The Morgan fingerprint density at radius 3 is 2.93 bits per heavy atom. The van der Waals surface area contributed by atoms with Gasteiger partial charge in [-0.15, -0.1) is 0 Å². The predicted octanol–water partition coefficient (Wildman–Crippen LogP) is 3.23. The first-order chi connectivity index (χ1) is 14.4. The van der Waals surface area contributed by atoms with Crippen molar-refractivity contribution in [2.24, 2.45) is 7.05 Å². The van der Waals surface area contributed by atoms with Crippen molar-refractivity contribution < 1.29 is 18.7 Å². The molecule has 1 aliphatic heterocycles. The summed E-state index contributed by atoms with van der Waals surface area (Å²) in [6, 6.07) is 5.55. The highest BCUT2D eigenvalue weighted by Gasteiger charge is 2.24. The van der Waals surface area contributed by atoms with Crippen LogP contribution >= 0.6 is 0 Å². The fourth-order valence-corrected chi connectivity index (χ4v) is 3.22. The number of amides is 1. The average Bonchev–Trinajstić information content (AvgIpc) is 3.02. The van der Waals surface area contributed by atoms with Crippen LogP contribution in [0.1, 0.15) is 18.6 Å². The number of halogens is 1. The van der Waals surface area contributed by atoms with Gasteiger partial charge in [0.2, 0.25) is 0 Å². The van der Waals surface area contributed by atoms with Crippen molar-refractivity contribution in [3.8, 4) is 22.6 Å². The number of hydrogen-bond donors (Lipinski definition) is 2. The van der Waals surface area contributed by atoms with Gasteiger partial charge in [-0.05, 0) is 36.8 Å². The van der Waals surface area contributed by atoms with E-state index >= 15 is 0 Å². The van der Waals surface area contributed by atoms with Crippen LogP contribution in [0.15, 0.2) is 30.5 Å². The van der Waals surface area contributed by atoms with Crippen LogP contribution in [0.5, 0.6) is 11.5 Å². The zero-order valence-electron chi connectivity index (χ0n) is 16.1. The SMILES string of the molecule is [C-]#[N+]c1c2c(nn1C)NC(=O)COc1ccc(F)cc1[C@H](C)Oc1cc-2cnc1N. The van der Waals surface area contributed by atoms with Gasteiger partial charge in [-0.3, -0.25) is 4.79 Å². The Bertz CT molecular complexity index is 1200. The van der Waals surface area contributed by atoms with Gasteiger partial charge in [-0.25, -0.2) is 9.37 Å². The van der Waals surface area contributed by atoms with Crippen LogP contribution < -0.4 is 20.5 Å². The highest BCUT2D eigenvalue weighted by atomic mass is 19.1. The smallest absolute Gasteiger partial charge is 0.263 e. The van der Waals surface area contributed by atoms with Crippen molar-refractivity contribution in [2.75, 3.05) is 17.7 Å². The van der Waals surface area contributed by atoms with Crippen LogP contribution in [-0.4, -0.2) is 27.3 Å². The average molecular weight is 408 g/mol. The van der Waals surface area contributed by atoms with Crippen molar-refractivity contribution in [3.05, 3.63) is 53.3 Å². The van der Waals surface area contributed by atoms with E-state index in [2.05, 4.69) is 20.2 Å².